The van der Waals surface area contributed by atoms with Crippen molar-refractivity contribution in [2.45, 2.75) is 36.9 Å². The summed E-state index contributed by atoms with van der Waals surface area (Å²) < 4.78 is 35.6. The summed E-state index contributed by atoms with van der Waals surface area (Å²) in [5.74, 6) is 0.881. The minimum atomic E-state index is -3.45. The van der Waals surface area contributed by atoms with Gasteiger partial charge in [-0.05, 0) is 61.7 Å². The van der Waals surface area contributed by atoms with Crippen molar-refractivity contribution < 1.29 is 22.7 Å². The van der Waals surface area contributed by atoms with E-state index in [1.807, 2.05) is 18.2 Å². The molecule has 33 heavy (non-hydrogen) atoms. The second-order valence-corrected chi connectivity index (χ2v) is 11.4. The van der Waals surface area contributed by atoms with E-state index in [9.17, 15) is 13.5 Å². The van der Waals surface area contributed by atoms with E-state index in [0.29, 0.717) is 39.2 Å². The van der Waals surface area contributed by atoms with Gasteiger partial charge in [-0.1, -0.05) is 42.3 Å². The van der Waals surface area contributed by atoms with Gasteiger partial charge in [0, 0.05) is 12.6 Å². The first-order valence-electron chi connectivity index (χ1n) is 11.0. The lowest BCUT2D eigenvalue weighted by atomic mass is 9.89. The molecule has 0 radical (unpaired) electrons. The number of ether oxygens (including phenoxy) is 1. The molecular formula is C24H27Cl2NO5S. The highest BCUT2D eigenvalue weighted by Crippen LogP contribution is 2.33. The van der Waals surface area contributed by atoms with Crippen LogP contribution in [-0.2, 0) is 9.84 Å². The van der Waals surface area contributed by atoms with Gasteiger partial charge in [-0.2, -0.15) is 0 Å². The van der Waals surface area contributed by atoms with E-state index in [2.05, 4.69) is 4.90 Å². The first kappa shape index (κ1) is 24.4. The molecule has 0 spiro atoms. The third-order valence-electron chi connectivity index (χ3n) is 6.09. The molecule has 1 aliphatic heterocycles. The van der Waals surface area contributed by atoms with E-state index in [1.54, 1.807) is 25.1 Å². The van der Waals surface area contributed by atoms with Crippen LogP contribution in [0.1, 0.15) is 31.2 Å². The second-order valence-electron chi connectivity index (χ2n) is 8.35. The van der Waals surface area contributed by atoms with Crippen molar-refractivity contribution in [2.24, 2.45) is 0 Å². The fraction of sp³-hybridized carbons (Fsp3) is 0.417. The maximum absolute atomic E-state index is 12.1. The average molecular weight is 512 g/mol. The number of piperidine rings is 1. The zero-order valence-corrected chi connectivity index (χ0v) is 20.7. The lowest BCUT2D eigenvalue weighted by molar-refractivity contribution is 0.0599. The van der Waals surface area contributed by atoms with Crippen LogP contribution in [0.25, 0.3) is 11.0 Å². The molecule has 1 aliphatic rings. The molecule has 0 amide bonds. The molecule has 2 aromatic carbocycles. The first-order valence-corrected chi connectivity index (χ1v) is 13.4. The number of likely N-dealkylation sites (tertiary alicyclic amines) is 1. The smallest absolute Gasteiger partial charge is 0.219 e. The van der Waals surface area contributed by atoms with E-state index in [0.717, 1.165) is 25.9 Å². The summed E-state index contributed by atoms with van der Waals surface area (Å²) in [7, 11) is -3.45. The molecule has 3 aromatic rings. The number of rotatable bonds is 8. The average Bonchev–Trinajstić information content (AvgIpc) is 3.26. The number of fused-ring (bicyclic) bond motifs is 1. The monoisotopic (exact) mass is 511 g/mol. The fourth-order valence-electron chi connectivity index (χ4n) is 4.18. The van der Waals surface area contributed by atoms with Crippen molar-refractivity contribution in [3.05, 3.63) is 58.1 Å². The van der Waals surface area contributed by atoms with E-state index >= 15 is 0 Å². The van der Waals surface area contributed by atoms with Gasteiger partial charge in [-0.3, -0.25) is 0 Å². The Morgan fingerprint density at radius 3 is 2.61 bits per heavy atom. The largest absolute Gasteiger partial charge is 0.490 e. The van der Waals surface area contributed by atoms with Gasteiger partial charge < -0.3 is 19.2 Å². The summed E-state index contributed by atoms with van der Waals surface area (Å²) in [6.07, 6.45) is 1.29. The summed E-state index contributed by atoms with van der Waals surface area (Å²) in [5.41, 5.74) is 1.64. The highest BCUT2D eigenvalue weighted by atomic mass is 35.5. The molecule has 9 heteroatoms. The lowest BCUT2D eigenvalue weighted by Crippen LogP contribution is -2.40. The normalized spacial score (nSPS) is 16.8. The van der Waals surface area contributed by atoms with Crippen LogP contribution in [0.15, 0.2) is 52.0 Å². The topological polar surface area (TPSA) is 80.0 Å². The summed E-state index contributed by atoms with van der Waals surface area (Å²) in [4.78, 5) is 2.23. The quantitative estimate of drug-likeness (QED) is 0.450. The molecule has 1 saturated heterocycles. The van der Waals surface area contributed by atoms with E-state index in [-0.39, 0.29) is 17.5 Å². The Kier molecular flexibility index (Phi) is 7.56. The number of hydrogen-bond acceptors (Lipinski definition) is 6. The minimum absolute atomic E-state index is 0.0382. The number of hydrogen-bond donors (Lipinski definition) is 1. The number of aliphatic hydroxyl groups excluding tert-OH is 1. The maximum Gasteiger partial charge on any atom is 0.219 e. The van der Waals surface area contributed by atoms with Gasteiger partial charge in [-0.15, -0.1) is 0 Å². The number of benzene rings is 2. The summed E-state index contributed by atoms with van der Waals surface area (Å²) in [6.45, 7) is 3.93. The van der Waals surface area contributed by atoms with Crippen LogP contribution in [0.3, 0.4) is 0 Å². The van der Waals surface area contributed by atoms with Gasteiger partial charge in [0.15, 0.2) is 0 Å². The molecule has 0 unspecified atom stereocenters. The number of halogens is 2. The van der Waals surface area contributed by atoms with Crippen LogP contribution < -0.4 is 4.74 Å². The SMILES string of the molecule is CCS(=O)(=O)c1cc2c(OC[C@@H](O)CN3CCC(c4ccc(Cl)c(Cl)c4)CC3)cccc2o1. The first-order chi connectivity index (χ1) is 15.8. The number of sulfone groups is 1. The summed E-state index contributed by atoms with van der Waals surface area (Å²) >= 11 is 12.2. The maximum atomic E-state index is 12.1. The molecule has 1 aromatic heterocycles. The molecule has 0 aliphatic carbocycles. The molecule has 0 saturated carbocycles. The van der Waals surface area contributed by atoms with Crippen LogP contribution in [-0.4, -0.2) is 56.5 Å². The molecule has 178 valence electrons. The second kappa shape index (κ2) is 10.2. The molecule has 1 fully saturated rings. The molecular weight excluding hydrogens is 485 g/mol. The molecule has 1 N–H and O–H groups in total. The Labute approximate surface area is 204 Å². The van der Waals surface area contributed by atoms with Gasteiger partial charge in [0.2, 0.25) is 14.9 Å². The molecule has 0 bridgehead atoms. The van der Waals surface area contributed by atoms with Crippen LogP contribution in [0, 0.1) is 0 Å². The zero-order chi connectivity index (χ0) is 23.6. The fourth-order valence-corrected chi connectivity index (χ4v) is 5.29. The van der Waals surface area contributed by atoms with Crippen LogP contribution >= 0.6 is 23.2 Å². The van der Waals surface area contributed by atoms with Crippen molar-refractivity contribution in [1.29, 1.82) is 0 Å². The predicted octanol–water partition coefficient (Wildman–Crippen LogP) is 5.15. The third-order valence-corrected chi connectivity index (χ3v) is 8.40. The standard InChI is InChI=1S/C24H27Cl2NO5S/c1-2-33(29,30)24-13-19-22(4-3-5-23(19)32-24)31-15-18(28)14-27-10-8-16(9-11-27)17-6-7-20(25)21(26)12-17/h3-7,12-13,16,18,28H,2,8-11,14-15H2,1H3/t18-/m0/s1. The Morgan fingerprint density at radius 1 is 1.15 bits per heavy atom. The number of β-amino-alcohol motifs (C(OH)–C–C–N with tert-alkyl or cyclic N) is 1. The minimum Gasteiger partial charge on any atom is -0.490 e. The van der Waals surface area contributed by atoms with Gasteiger partial charge in [0.1, 0.15) is 24.0 Å². The Balaban J connectivity index is 1.31. The highest BCUT2D eigenvalue weighted by Gasteiger charge is 2.23. The van der Waals surface area contributed by atoms with Gasteiger partial charge in [0.05, 0.1) is 21.2 Å². The van der Waals surface area contributed by atoms with E-state index < -0.39 is 15.9 Å². The Morgan fingerprint density at radius 2 is 1.91 bits per heavy atom. The van der Waals surface area contributed by atoms with Crippen LogP contribution in [0.5, 0.6) is 5.75 Å². The zero-order valence-electron chi connectivity index (χ0n) is 18.3. The number of aliphatic hydroxyl groups is 1. The highest BCUT2D eigenvalue weighted by molar-refractivity contribution is 7.91. The molecule has 6 nitrogen and oxygen atoms in total. The Bertz CT molecular complexity index is 1220. The van der Waals surface area contributed by atoms with Crippen molar-refractivity contribution in [1.82, 2.24) is 4.90 Å². The van der Waals surface area contributed by atoms with Gasteiger partial charge >= 0.3 is 0 Å². The Hall–Kier alpha value is -1.77. The third kappa shape index (κ3) is 5.66. The van der Waals surface area contributed by atoms with Crippen LogP contribution in [0.2, 0.25) is 10.0 Å². The van der Waals surface area contributed by atoms with Crippen molar-refractivity contribution in [3.63, 3.8) is 0 Å². The molecule has 4 rings (SSSR count). The molecule has 2 heterocycles. The van der Waals surface area contributed by atoms with E-state index in [1.165, 1.54) is 11.6 Å². The number of nitrogens with zero attached hydrogens (tertiary/aromatic N) is 1. The summed E-state index contributed by atoms with van der Waals surface area (Å²) in [6, 6.07) is 12.5. The van der Waals surface area contributed by atoms with Crippen molar-refractivity contribution in [3.8, 4) is 5.75 Å². The molecule has 1 atom stereocenters. The predicted molar refractivity (Wildman–Crippen MR) is 130 cm³/mol. The van der Waals surface area contributed by atoms with E-state index in [4.69, 9.17) is 32.4 Å². The van der Waals surface area contributed by atoms with Crippen molar-refractivity contribution in [2.75, 3.05) is 32.0 Å². The lowest BCUT2D eigenvalue weighted by Gasteiger charge is -2.33. The number of furan rings is 1. The van der Waals surface area contributed by atoms with Crippen LogP contribution in [0.4, 0.5) is 0 Å². The summed E-state index contributed by atoms with van der Waals surface area (Å²) in [5, 5.41) is 12.2. The van der Waals surface area contributed by atoms with Gasteiger partial charge in [-0.25, -0.2) is 8.42 Å². The van der Waals surface area contributed by atoms with Gasteiger partial charge in [0.25, 0.3) is 0 Å². The van der Waals surface area contributed by atoms with Crippen molar-refractivity contribution >= 4 is 44.0 Å².